The maximum Gasteiger partial charge on any atom is 0.239 e. The number of hydrogen-bond donors (Lipinski definition) is 2. The van der Waals surface area contributed by atoms with Crippen molar-refractivity contribution in [3.05, 3.63) is 11.2 Å². The number of rotatable bonds is 5. The molecule has 0 bridgehead atoms. The van der Waals surface area contributed by atoms with Crippen LogP contribution in [0.25, 0.3) is 0 Å². The molecule has 1 rings (SSSR count). The molecule has 1 aromatic heterocycles. The predicted molar refractivity (Wildman–Crippen MR) is 60.0 cm³/mol. The normalized spacial score (nSPS) is 10.1. The fourth-order valence-corrected chi connectivity index (χ4v) is 1.26. The number of anilines is 2. The summed E-state index contributed by atoms with van der Waals surface area (Å²) in [5.41, 5.74) is 2.37. The first-order chi connectivity index (χ1) is 7.19. The van der Waals surface area contributed by atoms with Crippen molar-refractivity contribution in [2.45, 2.75) is 0 Å². The lowest BCUT2D eigenvalue weighted by atomic mass is 10.5. The lowest BCUT2D eigenvalue weighted by Crippen LogP contribution is -2.24. The third-order valence-corrected chi connectivity index (χ3v) is 2.11. The van der Waals surface area contributed by atoms with E-state index in [0.717, 1.165) is 0 Å². The minimum atomic E-state index is 0.332. The fraction of sp³-hybridized carbons (Fsp3) is 0.500. The molecule has 0 aromatic carbocycles. The maximum absolute atomic E-state index is 5.95. The number of nitrogen functional groups attached to an aromatic ring is 1. The van der Waals surface area contributed by atoms with Crippen molar-refractivity contribution >= 4 is 23.4 Å². The first-order valence-electron chi connectivity index (χ1n) is 4.38. The van der Waals surface area contributed by atoms with E-state index < -0.39 is 0 Å². The van der Waals surface area contributed by atoms with Crippen LogP contribution >= 0.6 is 11.6 Å². The van der Waals surface area contributed by atoms with Crippen LogP contribution in [0.2, 0.25) is 5.02 Å². The summed E-state index contributed by atoms with van der Waals surface area (Å²) in [5, 5.41) is 0.479. The molecule has 7 heteroatoms. The van der Waals surface area contributed by atoms with Gasteiger partial charge in [-0.15, -0.1) is 0 Å². The van der Waals surface area contributed by atoms with Gasteiger partial charge in [-0.25, -0.2) is 10.8 Å². The smallest absolute Gasteiger partial charge is 0.239 e. The summed E-state index contributed by atoms with van der Waals surface area (Å²) in [6.45, 7) is 1.29. The molecular formula is C8H14ClN5O. The summed E-state index contributed by atoms with van der Waals surface area (Å²) in [5.74, 6) is 6.16. The third kappa shape index (κ3) is 3.19. The van der Waals surface area contributed by atoms with Gasteiger partial charge in [0.1, 0.15) is 5.02 Å². The van der Waals surface area contributed by atoms with E-state index in [0.29, 0.717) is 29.9 Å². The van der Waals surface area contributed by atoms with Gasteiger partial charge in [0.15, 0.2) is 5.82 Å². The van der Waals surface area contributed by atoms with E-state index in [4.69, 9.17) is 22.2 Å². The number of hydrogen-bond acceptors (Lipinski definition) is 6. The van der Waals surface area contributed by atoms with Crippen molar-refractivity contribution < 1.29 is 4.74 Å². The standard InChI is InChI=1S/C8H14ClN5O/c1-14(3-4-15-2)7-6(9)5-11-8(12-7)13-10/h5H,3-4,10H2,1-2H3,(H,11,12,13). The molecule has 0 amide bonds. The van der Waals surface area contributed by atoms with Crippen molar-refractivity contribution in [3.8, 4) is 0 Å². The number of nitrogens with two attached hydrogens (primary N) is 1. The van der Waals surface area contributed by atoms with Gasteiger partial charge in [-0.2, -0.15) is 4.98 Å². The summed E-state index contributed by atoms with van der Waals surface area (Å²) >= 11 is 5.95. The van der Waals surface area contributed by atoms with Gasteiger partial charge in [-0.05, 0) is 0 Å². The number of likely N-dealkylation sites (N-methyl/N-ethyl adjacent to an activating group) is 1. The Morgan fingerprint density at radius 2 is 2.40 bits per heavy atom. The highest BCUT2D eigenvalue weighted by Gasteiger charge is 2.09. The lowest BCUT2D eigenvalue weighted by Gasteiger charge is -2.18. The van der Waals surface area contributed by atoms with E-state index in [9.17, 15) is 0 Å². The summed E-state index contributed by atoms with van der Waals surface area (Å²) in [6.07, 6.45) is 1.50. The maximum atomic E-state index is 5.95. The number of aromatic nitrogens is 2. The average molecular weight is 232 g/mol. The van der Waals surface area contributed by atoms with Crippen molar-refractivity contribution in [2.75, 3.05) is 37.6 Å². The lowest BCUT2D eigenvalue weighted by molar-refractivity contribution is 0.206. The number of nitrogens with one attached hydrogen (secondary N) is 1. The highest BCUT2D eigenvalue weighted by atomic mass is 35.5. The largest absolute Gasteiger partial charge is 0.383 e. The minimum absolute atomic E-state index is 0.332. The van der Waals surface area contributed by atoms with Crippen LogP contribution in [0.1, 0.15) is 0 Å². The van der Waals surface area contributed by atoms with Gasteiger partial charge in [-0.1, -0.05) is 11.6 Å². The fourth-order valence-electron chi connectivity index (χ4n) is 1.03. The van der Waals surface area contributed by atoms with Gasteiger partial charge >= 0.3 is 0 Å². The zero-order valence-electron chi connectivity index (χ0n) is 8.70. The van der Waals surface area contributed by atoms with Gasteiger partial charge in [-0.3, -0.25) is 5.43 Å². The van der Waals surface area contributed by atoms with E-state index in [1.54, 1.807) is 7.11 Å². The van der Waals surface area contributed by atoms with E-state index in [-0.39, 0.29) is 0 Å². The van der Waals surface area contributed by atoms with Crippen molar-refractivity contribution in [3.63, 3.8) is 0 Å². The van der Waals surface area contributed by atoms with Crippen LogP contribution in [0.15, 0.2) is 6.20 Å². The zero-order chi connectivity index (χ0) is 11.3. The van der Waals surface area contributed by atoms with Gasteiger partial charge in [0.05, 0.1) is 12.8 Å². The summed E-state index contributed by atoms with van der Waals surface area (Å²) in [4.78, 5) is 9.89. The number of nitrogens with zero attached hydrogens (tertiary/aromatic N) is 3. The molecule has 84 valence electrons. The zero-order valence-corrected chi connectivity index (χ0v) is 9.45. The SMILES string of the molecule is COCCN(C)c1nc(NN)ncc1Cl. The van der Waals surface area contributed by atoms with Gasteiger partial charge in [0.2, 0.25) is 5.95 Å². The van der Waals surface area contributed by atoms with Crippen LogP contribution in [-0.2, 0) is 4.74 Å². The Morgan fingerprint density at radius 1 is 1.67 bits per heavy atom. The number of methoxy groups -OCH3 is 1. The summed E-state index contributed by atoms with van der Waals surface area (Å²) in [6, 6.07) is 0. The van der Waals surface area contributed by atoms with Crippen LogP contribution in [0, 0.1) is 0 Å². The Hall–Kier alpha value is -1.11. The molecule has 0 saturated heterocycles. The van der Waals surface area contributed by atoms with Gasteiger partial charge in [0, 0.05) is 20.7 Å². The Balaban J connectivity index is 2.81. The molecule has 15 heavy (non-hydrogen) atoms. The third-order valence-electron chi connectivity index (χ3n) is 1.85. The topological polar surface area (TPSA) is 76.3 Å². The first kappa shape index (κ1) is 12.0. The van der Waals surface area contributed by atoms with Crippen LogP contribution < -0.4 is 16.2 Å². The van der Waals surface area contributed by atoms with Crippen molar-refractivity contribution in [1.82, 2.24) is 9.97 Å². The summed E-state index contributed by atoms with van der Waals surface area (Å²) in [7, 11) is 3.51. The van der Waals surface area contributed by atoms with E-state index in [2.05, 4.69) is 15.4 Å². The Morgan fingerprint density at radius 3 is 3.00 bits per heavy atom. The molecule has 0 aliphatic rings. The van der Waals surface area contributed by atoms with Crippen LogP contribution in [0.3, 0.4) is 0 Å². The predicted octanol–water partition coefficient (Wildman–Crippen LogP) is 0.498. The Bertz CT molecular complexity index is 322. The minimum Gasteiger partial charge on any atom is -0.383 e. The molecule has 1 heterocycles. The van der Waals surface area contributed by atoms with E-state index in [1.807, 2.05) is 11.9 Å². The van der Waals surface area contributed by atoms with Crippen molar-refractivity contribution in [2.24, 2.45) is 5.84 Å². The molecule has 1 aromatic rings. The van der Waals surface area contributed by atoms with Crippen molar-refractivity contribution in [1.29, 1.82) is 0 Å². The molecule has 0 spiro atoms. The van der Waals surface area contributed by atoms with Gasteiger partial charge < -0.3 is 9.64 Å². The van der Waals surface area contributed by atoms with Crippen LogP contribution in [-0.4, -0.2) is 37.3 Å². The molecule has 6 nitrogen and oxygen atoms in total. The van der Waals surface area contributed by atoms with Crippen LogP contribution in [0.4, 0.5) is 11.8 Å². The molecule has 0 aliphatic heterocycles. The van der Waals surface area contributed by atoms with E-state index >= 15 is 0 Å². The first-order valence-corrected chi connectivity index (χ1v) is 4.76. The molecule has 0 unspecified atom stereocenters. The molecule has 0 saturated carbocycles. The molecule has 0 radical (unpaired) electrons. The van der Waals surface area contributed by atoms with Gasteiger partial charge in [0.25, 0.3) is 0 Å². The Labute approximate surface area is 93.4 Å². The molecule has 0 fully saturated rings. The molecule has 0 atom stereocenters. The van der Waals surface area contributed by atoms with Crippen LogP contribution in [0.5, 0.6) is 0 Å². The average Bonchev–Trinajstić information content (AvgIpc) is 2.26. The number of halogens is 1. The second kappa shape index (κ2) is 5.69. The highest BCUT2D eigenvalue weighted by molar-refractivity contribution is 6.32. The quantitative estimate of drug-likeness (QED) is 0.568. The summed E-state index contributed by atoms with van der Waals surface area (Å²) < 4.78 is 4.96. The Kier molecular flexibility index (Phi) is 4.54. The monoisotopic (exact) mass is 231 g/mol. The molecule has 0 aliphatic carbocycles. The number of hydrazine groups is 1. The van der Waals surface area contributed by atoms with E-state index in [1.165, 1.54) is 6.20 Å². The highest BCUT2D eigenvalue weighted by Crippen LogP contribution is 2.21. The number of ether oxygens (including phenoxy) is 1. The molecule has 3 N–H and O–H groups in total. The molecular weight excluding hydrogens is 218 g/mol. The second-order valence-corrected chi connectivity index (χ2v) is 3.33. The second-order valence-electron chi connectivity index (χ2n) is 2.92.